The maximum atomic E-state index is 12.0. The molecular formula is C18H18N2O2S. The summed E-state index contributed by atoms with van der Waals surface area (Å²) in [5, 5.41) is 7.18. The second kappa shape index (κ2) is 6.01. The van der Waals surface area contributed by atoms with E-state index in [2.05, 4.69) is 60.0 Å². The van der Waals surface area contributed by atoms with Crippen molar-refractivity contribution in [1.29, 1.82) is 0 Å². The molecule has 23 heavy (non-hydrogen) atoms. The highest BCUT2D eigenvalue weighted by Crippen LogP contribution is 2.33. The summed E-state index contributed by atoms with van der Waals surface area (Å²) in [7, 11) is 0. The highest BCUT2D eigenvalue weighted by Gasteiger charge is 2.14. The third kappa shape index (κ3) is 3.51. The van der Waals surface area contributed by atoms with Gasteiger partial charge in [0, 0.05) is 4.88 Å². The Morgan fingerprint density at radius 1 is 1.13 bits per heavy atom. The van der Waals surface area contributed by atoms with Gasteiger partial charge in [-0.3, -0.25) is 4.79 Å². The molecular weight excluding hydrogens is 308 g/mol. The molecule has 0 unspecified atom stereocenters. The van der Waals surface area contributed by atoms with Gasteiger partial charge in [0.1, 0.15) is 6.26 Å². The third-order valence-corrected chi connectivity index (χ3v) is 4.62. The van der Waals surface area contributed by atoms with Gasteiger partial charge in [-0.15, -0.1) is 11.3 Å². The van der Waals surface area contributed by atoms with Gasteiger partial charge in [-0.1, -0.05) is 50.2 Å². The molecule has 3 rings (SSSR count). The van der Waals surface area contributed by atoms with Crippen LogP contribution in [0.25, 0.3) is 10.4 Å². The maximum absolute atomic E-state index is 12.0. The number of nitrogens with zero attached hydrogens (tertiary/aromatic N) is 1. The summed E-state index contributed by atoms with van der Waals surface area (Å²) >= 11 is 1.54. The van der Waals surface area contributed by atoms with E-state index in [-0.39, 0.29) is 11.3 Å². The van der Waals surface area contributed by atoms with Gasteiger partial charge in [-0.25, -0.2) is 0 Å². The van der Waals surface area contributed by atoms with E-state index in [1.807, 2.05) is 12.1 Å². The van der Waals surface area contributed by atoms with Crippen LogP contribution < -0.4 is 5.32 Å². The van der Waals surface area contributed by atoms with E-state index in [1.54, 1.807) is 11.3 Å². The number of amides is 1. The Labute approximate surface area is 139 Å². The number of nitrogens with one attached hydrogen (secondary N) is 1. The lowest BCUT2D eigenvalue weighted by Crippen LogP contribution is -2.10. The molecule has 2 heterocycles. The number of aromatic nitrogens is 1. The summed E-state index contributed by atoms with van der Waals surface area (Å²) in [5.74, 6) is -0.220. The molecule has 2 aromatic heterocycles. The lowest BCUT2D eigenvalue weighted by molar-refractivity contribution is 0.102. The first-order chi connectivity index (χ1) is 10.9. The maximum Gasteiger partial charge on any atom is 0.261 e. The predicted octanol–water partition coefficient (Wildman–Crippen LogP) is 4.95. The first kappa shape index (κ1) is 15.5. The zero-order valence-electron chi connectivity index (χ0n) is 13.3. The van der Waals surface area contributed by atoms with Crippen molar-refractivity contribution in [2.75, 3.05) is 5.32 Å². The fraction of sp³-hybridized carbons (Fsp3) is 0.222. The van der Waals surface area contributed by atoms with Crippen molar-refractivity contribution in [2.24, 2.45) is 0 Å². The van der Waals surface area contributed by atoms with Crippen LogP contribution in [-0.4, -0.2) is 11.1 Å². The summed E-state index contributed by atoms with van der Waals surface area (Å²) in [6.07, 6.45) is 2.73. The van der Waals surface area contributed by atoms with Crippen molar-refractivity contribution < 1.29 is 9.32 Å². The van der Waals surface area contributed by atoms with Crippen molar-refractivity contribution in [3.8, 4) is 10.4 Å². The molecule has 0 aliphatic rings. The van der Waals surface area contributed by atoms with Crippen LogP contribution in [-0.2, 0) is 5.41 Å². The molecule has 1 aromatic carbocycles. The molecule has 1 N–H and O–H groups in total. The van der Waals surface area contributed by atoms with Crippen molar-refractivity contribution in [2.45, 2.75) is 26.2 Å². The van der Waals surface area contributed by atoms with Crippen LogP contribution in [0.5, 0.6) is 0 Å². The monoisotopic (exact) mass is 326 g/mol. The lowest BCUT2D eigenvalue weighted by atomic mass is 9.86. The van der Waals surface area contributed by atoms with E-state index < -0.39 is 0 Å². The molecule has 4 nitrogen and oxygen atoms in total. The minimum atomic E-state index is -0.220. The van der Waals surface area contributed by atoms with Crippen molar-refractivity contribution in [1.82, 2.24) is 5.16 Å². The quantitative estimate of drug-likeness (QED) is 0.740. The van der Waals surface area contributed by atoms with Gasteiger partial charge in [-0.2, -0.15) is 0 Å². The van der Waals surface area contributed by atoms with Crippen molar-refractivity contribution in [3.05, 3.63) is 60.0 Å². The lowest BCUT2D eigenvalue weighted by Gasteiger charge is -2.18. The number of thiophene rings is 1. The number of carbonyl (C=O) groups is 1. The van der Waals surface area contributed by atoms with E-state index in [9.17, 15) is 4.79 Å². The Balaban J connectivity index is 1.75. The average molecular weight is 326 g/mol. The van der Waals surface area contributed by atoms with E-state index in [1.165, 1.54) is 18.0 Å². The van der Waals surface area contributed by atoms with E-state index in [4.69, 9.17) is 0 Å². The second-order valence-corrected chi connectivity index (χ2v) is 7.44. The number of benzene rings is 1. The van der Waals surface area contributed by atoms with Gasteiger partial charge in [0.25, 0.3) is 5.91 Å². The standard InChI is InChI=1S/C18H18N2O2S/c1-18(2,3)14-6-4-12(5-7-14)15-8-9-16(23-15)20-17(21)13-10-19-22-11-13/h4-11H,1-3H3,(H,20,21). The SMILES string of the molecule is CC(C)(C)c1ccc(-c2ccc(NC(=O)c3cnoc3)s2)cc1. The topological polar surface area (TPSA) is 55.1 Å². The number of hydrogen-bond donors (Lipinski definition) is 1. The predicted molar refractivity (Wildman–Crippen MR) is 92.9 cm³/mol. The Morgan fingerprint density at radius 3 is 2.48 bits per heavy atom. The van der Waals surface area contributed by atoms with Gasteiger partial charge >= 0.3 is 0 Å². The van der Waals surface area contributed by atoms with Crippen LogP contribution in [0, 0.1) is 0 Å². The summed E-state index contributed by atoms with van der Waals surface area (Å²) in [6.45, 7) is 6.60. The molecule has 0 bridgehead atoms. The van der Waals surface area contributed by atoms with Gasteiger partial charge in [-0.05, 0) is 28.7 Å². The largest absolute Gasteiger partial charge is 0.364 e. The van der Waals surface area contributed by atoms with Crippen LogP contribution in [0.4, 0.5) is 5.00 Å². The second-order valence-electron chi connectivity index (χ2n) is 6.36. The zero-order chi connectivity index (χ0) is 16.4. The molecule has 0 fully saturated rings. The molecule has 0 saturated heterocycles. The molecule has 0 aliphatic heterocycles. The number of rotatable bonds is 3. The highest BCUT2D eigenvalue weighted by atomic mass is 32.1. The summed E-state index contributed by atoms with van der Waals surface area (Å²) in [6, 6.07) is 12.5. The fourth-order valence-corrected chi connectivity index (χ4v) is 3.10. The van der Waals surface area contributed by atoms with Crippen LogP contribution in [0.2, 0.25) is 0 Å². The molecule has 5 heteroatoms. The molecule has 0 aliphatic carbocycles. The minimum Gasteiger partial charge on any atom is -0.364 e. The highest BCUT2D eigenvalue weighted by molar-refractivity contribution is 7.19. The average Bonchev–Trinajstić information content (AvgIpc) is 3.18. The first-order valence-corrected chi connectivity index (χ1v) is 8.16. The Morgan fingerprint density at radius 2 is 1.87 bits per heavy atom. The summed E-state index contributed by atoms with van der Waals surface area (Å²) in [5.41, 5.74) is 3.01. The third-order valence-electron chi connectivity index (χ3n) is 3.57. The summed E-state index contributed by atoms with van der Waals surface area (Å²) < 4.78 is 4.68. The number of hydrogen-bond acceptors (Lipinski definition) is 4. The van der Waals surface area contributed by atoms with Crippen LogP contribution in [0.1, 0.15) is 36.7 Å². The van der Waals surface area contributed by atoms with Crippen LogP contribution >= 0.6 is 11.3 Å². The van der Waals surface area contributed by atoms with Gasteiger partial charge in [0.15, 0.2) is 0 Å². The van der Waals surface area contributed by atoms with Crippen LogP contribution in [0.15, 0.2) is 53.4 Å². The molecule has 0 atom stereocenters. The fourth-order valence-electron chi connectivity index (χ4n) is 2.20. The Bertz CT molecular complexity index is 796. The molecule has 0 saturated carbocycles. The van der Waals surface area contributed by atoms with Gasteiger partial charge < -0.3 is 9.84 Å². The van der Waals surface area contributed by atoms with E-state index in [0.29, 0.717) is 5.56 Å². The van der Waals surface area contributed by atoms with E-state index >= 15 is 0 Å². The van der Waals surface area contributed by atoms with Crippen molar-refractivity contribution in [3.63, 3.8) is 0 Å². The van der Waals surface area contributed by atoms with Gasteiger partial charge in [0.05, 0.1) is 16.8 Å². The molecule has 1 amide bonds. The number of anilines is 1. The van der Waals surface area contributed by atoms with Gasteiger partial charge in [0.2, 0.25) is 0 Å². The van der Waals surface area contributed by atoms with E-state index in [0.717, 1.165) is 15.4 Å². The minimum absolute atomic E-state index is 0.145. The summed E-state index contributed by atoms with van der Waals surface area (Å²) in [4.78, 5) is 13.1. The number of carbonyl (C=O) groups excluding carboxylic acids is 1. The smallest absolute Gasteiger partial charge is 0.261 e. The Hall–Kier alpha value is -2.40. The van der Waals surface area contributed by atoms with Crippen LogP contribution in [0.3, 0.4) is 0 Å². The molecule has 118 valence electrons. The molecule has 0 spiro atoms. The zero-order valence-corrected chi connectivity index (χ0v) is 14.1. The normalized spacial score (nSPS) is 11.4. The molecule has 0 radical (unpaired) electrons. The first-order valence-electron chi connectivity index (χ1n) is 7.35. The molecule has 3 aromatic rings. The Kier molecular flexibility index (Phi) is 4.05. The van der Waals surface area contributed by atoms with Crippen molar-refractivity contribution >= 4 is 22.2 Å².